The standard InChI is InChI=1S/C22H29NO2/c1-18(24)19-8-10-20(11-9-19)21-12-14-22(15-13-21)25-17-7-5-4-6-16-23(2)3/h8-15H,4-7,16-17H2,1-3H3. The molecule has 0 atom stereocenters. The monoisotopic (exact) mass is 339 g/mol. The first-order valence-corrected chi connectivity index (χ1v) is 9.05. The molecule has 0 aliphatic rings. The highest BCUT2D eigenvalue weighted by Gasteiger charge is 2.02. The number of hydrogen-bond donors (Lipinski definition) is 0. The van der Waals surface area contributed by atoms with Crippen molar-refractivity contribution in [3.05, 3.63) is 54.1 Å². The predicted molar refractivity (Wildman–Crippen MR) is 104 cm³/mol. The number of carbonyl (C=O) groups excluding carboxylic acids is 1. The maximum absolute atomic E-state index is 11.3. The average Bonchev–Trinajstić information content (AvgIpc) is 2.61. The van der Waals surface area contributed by atoms with Crippen LogP contribution in [0.4, 0.5) is 0 Å². The van der Waals surface area contributed by atoms with Gasteiger partial charge in [0.25, 0.3) is 0 Å². The van der Waals surface area contributed by atoms with Crippen molar-refractivity contribution < 1.29 is 9.53 Å². The van der Waals surface area contributed by atoms with Gasteiger partial charge in [-0.05, 0) is 63.7 Å². The molecular formula is C22H29NO2. The van der Waals surface area contributed by atoms with Crippen molar-refractivity contribution in [2.45, 2.75) is 32.6 Å². The van der Waals surface area contributed by atoms with E-state index in [2.05, 4.69) is 31.1 Å². The highest BCUT2D eigenvalue weighted by Crippen LogP contribution is 2.23. The summed E-state index contributed by atoms with van der Waals surface area (Å²) in [5, 5.41) is 0. The Morgan fingerprint density at radius 2 is 1.40 bits per heavy atom. The summed E-state index contributed by atoms with van der Waals surface area (Å²) in [5.41, 5.74) is 2.98. The van der Waals surface area contributed by atoms with E-state index in [0.29, 0.717) is 0 Å². The molecule has 2 aromatic carbocycles. The van der Waals surface area contributed by atoms with Crippen molar-refractivity contribution >= 4 is 5.78 Å². The van der Waals surface area contributed by atoms with Crippen LogP contribution in [-0.2, 0) is 0 Å². The molecular weight excluding hydrogens is 310 g/mol. The van der Waals surface area contributed by atoms with Crippen molar-refractivity contribution in [2.24, 2.45) is 0 Å². The molecule has 0 N–H and O–H groups in total. The van der Waals surface area contributed by atoms with Crippen molar-refractivity contribution in [3.8, 4) is 16.9 Å². The maximum atomic E-state index is 11.3. The lowest BCUT2D eigenvalue weighted by Crippen LogP contribution is -2.12. The second-order valence-electron chi connectivity index (χ2n) is 6.72. The van der Waals surface area contributed by atoms with Crippen molar-refractivity contribution in [3.63, 3.8) is 0 Å². The van der Waals surface area contributed by atoms with Gasteiger partial charge in [-0.1, -0.05) is 49.2 Å². The van der Waals surface area contributed by atoms with Gasteiger partial charge in [0.2, 0.25) is 0 Å². The molecule has 0 spiro atoms. The summed E-state index contributed by atoms with van der Waals surface area (Å²) in [5.74, 6) is 1.01. The molecule has 0 fully saturated rings. The summed E-state index contributed by atoms with van der Waals surface area (Å²) in [6, 6.07) is 15.9. The number of hydrogen-bond acceptors (Lipinski definition) is 3. The van der Waals surface area contributed by atoms with E-state index in [1.807, 2.05) is 36.4 Å². The maximum Gasteiger partial charge on any atom is 0.159 e. The van der Waals surface area contributed by atoms with Gasteiger partial charge in [0.05, 0.1) is 6.61 Å². The summed E-state index contributed by atoms with van der Waals surface area (Å²) < 4.78 is 5.82. The second-order valence-corrected chi connectivity index (χ2v) is 6.72. The Morgan fingerprint density at radius 3 is 1.96 bits per heavy atom. The number of nitrogens with zero attached hydrogens (tertiary/aromatic N) is 1. The molecule has 0 aliphatic heterocycles. The van der Waals surface area contributed by atoms with Gasteiger partial charge in [0.15, 0.2) is 5.78 Å². The third-order valence-corrected chi connectivity index (χ3v) is 4.25. The molecule has 134 valence electrons. The van der Waals surface area contributed by atoms with Gasteiger partial charge in [-0.3, -0.25) is 4.79 Å². The van der Waals surface area contributed by atoms with Crippen LogP contribution >= 0.6 is 0 Å². The van der Waals surface area contributed by atoms with Crippen LogP contribution < -0.4 is 4.74 Å². The summed E-state index contributed by atoms with van der Waals surface area (Å²) >= 11 is 0. The van der Waals surface area contributed by atoms with Crippen molar-refractivity contribution in [1.29, 1.82) is 0 Å². The van der Waals surface area contributed by atoms with E-state index < -0.39 is 0 Å². The van der Waals surface area contributed by atoms with Crippen LogP contribution in [0, 0.1) is 0 Å². The Hall–Kier alpha value is -2.13. The average molecular weight is 339 g/mol. The van der Waals surface area contributed by atoms with Crippen molar-refractivity contribution in [2.75, 3.05) is 27.2 Å². The SMILES string of the molecule is CC(=O)c1ccc(-c2ccc(OCCCCCCN(C)C)cc2)cc1. The zero-order chi connectivity index (χ0) is 18.1. The molecule has 2 aromatic rings. The van der Waals surface area contributed by atoms with Crippen LogP contribution in [0.2, 0.25) is 0 Å². The normalized spacial score (nSPS) is 10.9. The van der Waals surface area contributed by atoms with Gasteiger partial charge in [0, 0.05) is 5.56 Å². The van der Waals surface area contributed by atoms with E-state index >= 15 is 0 Å². The van der Waals surface area contributed by atoms with E-state index in [1.54, 1.807) is 6.92 Å². The number of ketones is 1. The van der Waals surface area contributed by atoms with Gasteiger partial charge in [-0.25, -0.2) is 0 Å². The Bertz CT molecular complexity index is 645. The minimum absolute atomic E-state index is 0.0945. The van der Waals surface area contributed by atoms with Crippen LogP contribution in [-0.4, -0.2) is 37.9 Å². The molecule has 0 saturated heterocycles. The fourth-order valence-corrected chi connectivity index (χ4v) is 2.71. The van der Waals surface area contributed by atoms with Gasteiger partial charge < -0.3 is 9.64 Å². The summed E-state index contributed by atoms with van der Waals surface area (Å²) in [7, 11) is 4.23. The summed E-state index contributed by atoms with van der Waals surface area (Å²) in [4.78, 5) is 13.6. The molecule has 0 saturated carbocycles. The van der Waals surface area contributed by atoms with E-state index in [0.717, 1.165) is 42.0 Å². The lowest BCUT2D eigenvalue weighted by atomic mass is 10.0. The van der Waals surface area contributed by atoms with E-state index in [4.69, 9.17) is 4.74 Å². The second kappa shape index (κ2) is 10.00. The molecule has 2 rings (SSSR count). The molecule has 0 amide bonds. The predicted octanol–water partition coefficient (Wildman–Crippen LogP) is 5.06. The zero-order valence-corrected chi connectivity index (χ0v) is 15.6. The molecule has 0 unspecified atom stereocenters. The molecule has 3 nitrogen and oxygen atoms in total. The molecule has 0 aromatic heterocycles. The Morgan fingerprint density at radius 1 is 0.840 bits per heavy atom. The van der Waals surface area contributed by atoms with Crippen LogP contribution in [0.3, 0.4) is 0 Å². The smallest absolute Gasteiger partial charge is 0.159 e. The Balaban J connectivity index is 1.75. The van der Waals surface area contributed by atoms with Gasteiger partial charge in [-0.2, -0.15) is 0 Å². The highest BCUT2D eigenvalue weighted by atomic mass is 16.5. The first-order chi connectivity index (χ1) is 12.1. The fraction of sp³-hybridized carbons (Fsp3) is 0.409. The number of benzene rings is 2. The zero-order valence-electron chi connectivity index (χ0n) is 15.6. The minimum Gasteiger partial charge on any atom is -0.494 e. The fourth-order valence-electron chi connectivity index (χ4n) is 2.71. The summed E-state index contributed by atoms with van der Waals surface area (Å²) in [6.07, 6.45) is 4.83. The molecule has 0 radical (unpaired) electrons. The van der Waals surface area contributed by atoms with Gasteiger partial charge in [-0.15, -0.1) is 0 Å². The number of Topliss-reactive ketones (excluding diaryl/α,β-unsaturated/α-hetero) is 1. The number of ether oxygens (including phenoxy) is 1. The number of unbranched alkanes of at least 4 members (excludes halogenated alkanes) is 3. The quantitative estimate of drug-likeness (QED) is 0.448. The van der Waals surface area contributed by atoms with Crippen LogP contribution in [0.5, 0.6) is 5.75 Å². The molecule has 0 bridgehead atoms. The van der Waals surface area contributed by atoms with Gasteiger partial charge in [0.1, 0.15) is 5.75 Å². The first-order valence-electron chi connectivity index (χ1n) is 9.05. The minimum atomic E-state index is 0.0945. The van der Waals surface area contributed by atoms with E-state index in [9.17, 15) is 4.79 Å². The number of rotatable bonds is 10. The lowest BCUT2D eigenvalue weighted by molar-refractivity contribution is 0.101. The third kappa shape index (κ3) is 6.71. The van der Waals surface area contributed by atoms with Crippen molar-refractivity contribution in [1.82, 2.24) is 4.90 Å². The third-order valence-electron chi connectivity index (χ3n) is 4.25. The highest BCUT2D eigenvalue weighted by molar-refractivity contribution is 5.94. The largest absolute Gasteiger partial charge is 0.494 e. The Kier molecular flexibility index (Phi) is 7.68. The summed E-state index contributed by atoms with van der Waals surface area (Å²) in [6.45, 7) is 3.52. The van der Waals surface area contributed by atoms with Gasteiger partial charge >= 0.3 is 0 Å². The van der Waals surface area contributed by atoms with E-state index in [1.165, 1.54) is 19.3 Å². The molecule has 3 heteroatoms. The van der Waals surface area contributed by atoms with E-state index in [-0.39, 0.29) is 5.78 Å². The van der Waals surface area contributed by atoms with Crippen LogP contribution in [0.1, 0.15) is 43.0 Å². The molecule has 0 aliphatic carbocycles. The molecule has 25 heavy (non-hydrogen) atoms. The van der Waals surface area contributed by atoms with Crippen LogP contribution in [0.25, 0.3) is 11.1 Å². The first kappa shape index (κ1) is 19.2. The molecule has 0 heterocycles. The lowest BCUT2D eigenvalue weighted by Gasteiger charge is -2.09. The topological polar surface area (TPSA) is 29.5 Å². The number of carbonyl (C=O) groups is 1. The Labute approximate surface area is 151 Å². The van der Waals surface area contributed by atoms with Crippen LogP contribution in [0.15, 0.2) is 48.5 Å².